The van der Waals surface area contributed by atoms with Crippen molar-refractivity contribution < 1.29 is 4.79 Å². The fourth-order valence-electron chi connectivity index (χ4n) is 2.34. The van der Waals surface area contributed by atoms with Crippen molar-refractivity contribution in [3.05, 3.63) is 35.9 Å². The number of carbonyl (C=O) groups is 1. The summed E-state index contributed by atoms with van der Waals surface area (Å²) < 4.78 is 0. The van der Waals surface area contributed by atoms with Crippen molar-refractivity contribution in [2.75, 3.05) is 39.8 Å². The number of amides is 1. The lowest BCUT2D eigenvalue weighted by Gasteiger charge is -2.31. The first-order valence-electron chi connectivity index (χ1n) is 6.92. The van der Waals surface area contributed by atoms with E-state index in [9.17, 15) is 4.79 Å². The molecule has 1 unspecified atom stereocenters. The number of carbonyl (C=O) groups excluding carboxylic acids is 1. The lowest BCUT2D eigenvalue weighted by Crippen LogP contribution is -2.48. The summed E-state index contributed by atoms with van der Waals surface area (Å²) in [5.74, 6) is 0.193. The average molecular weight is 261 g/mol. The molecule has 0 radical (unpaired) electrons. The zero-order valence-corrected chi connectivity index (χ0v) is 11.8. The summed E-state index contributed by atoms with van der Waals surface area (Å²) in [6.45, 7) is 6.47. The fraction of sp³-hybridized carbons (Fsp3) is 0.533. The van der Waals surface area contributed by atoms with Gasteiger partial charge in [-0.15, -0.1) is 0 Å². The minimum Gasteiger partial charge on any atom is -0.338 e. The van der Waals surface area contributed by atoms with Gasteiger partial charge >= 0.3 is 0 Å². The molecule has 0 saturated carbocycles. The molecule has 1 atom stereocenters. The molecular weight excluding hydrogens is 238 g/mol. The van der Waals surface area contributed by atoms with Crippen LogP contribution in [-0.2, 0) is 4.79 Å². The van der Waals surface area contributed by atoms with Crippen LogP contribution in [0.5, 0.6) is 0 Å². The highest BCUT2D eigenvalue weighted by molar-refractivity contribution is 5.78. The Morgan fingerprint density at radius 1 is 1.32 bits per heavy atom. The van der Waals surface area contributed by atoms with Crippen LogP contribution in [0.4, 0.5) is 0 Å². The van der Waals surface area contributed by atoms with Crippen LogP contribution >= 0.6 is 0 Å². The third-order valence-corrected chi connectivity index (χ3v) is 3.82. The summed E-state index contributed by atoms with van der Waals surface area (Å²) >= 11 is 0. The van der Waals surface area contributed by atoms with Gasteiger partial charge in [-0.2, -0.15) is 0 Å². The van der Waals surface area contributed by atoms with Crippen LogP contribution in [0.1, 0.15) is 18.5 Å². The molecule has 1 aliphatic heterocycles. The molecule has 1 fully saturated rings. The molecule has 1 heterocycles. The third-order valence-electron chi connectivity index (χ3n) is 3.82. The molecule has 0 bridgehead atoms. The van der Waals surface area contributed by atoms with E-state index in [2.05, 4.69) is 29.3 Å². The summed E-state index contributed by atoms with van der Waals surface area (Å²) in [6.07, 6.45) is 0. The zero-order chi connectivity index (χ0) is 13.7. The van der Waals surface area contributed by atoms with Crippen molar-refractivity contribution in [2.24, 2.45) is 0 Å². The van der Waals surface area contributed by atoms with Crippen LogP contribution in [0, 0.1) is 0 Å². The second kappa shape index (κ2) is 6.68. The molecule has 0 aliphatic carbocycles. The maximum atomic E-state index is 12.3. The number of nitrogens with zero attached hydrogens (tertiary/aromatic N) is 2. The number of benzene rings is 1. The summed E-state index contributed by atoms with van der Waals surface area (Å²) in [4.78, 5) is 16.3. The number of nitrogens with one attached hydrogen (secondary N) is 1. The number of rotatable bonds is 4. The molecule has 1 aromatic rings. The van der Waals surface area contributed by atoms with E-state index in [1.807, 2.05) is 30.1 Å². The van der Waals surface area contributed by atoms with Gasteiger partial charge in [0.1, 0.15) is 0 Å². The van der Waals surface area contributed by atoms with Crippen molar-refractivity contribution in [3.8, 4) is 0 Å². The van der Waals surface area contributed by atoms with Crippen LogP contribution in [0.3, 0.4) is 0 Å². The SMILES string of the molecule is CC(c1ccccc1)N(C)C(=O)CN1CCNCC1. The summed E-state index contributed by atoms with van der Waals surface area (Å²) in [5.41, 5.74) is 1.18. The van der Waals surface area contributed by atoms with Gasteiger partial charge in [0.05, 0.1) is 12.6 Å². The smallest absolute Gasteiger partial charge is 0.236 e. The first-order valence-corrected chi connectivity index (χ1v) is 6.92. The highest BCUT2D eigenvalue weighted by Crippen LogP contribution is 2.18. The lowest BCUT2D eigenvalue weighted by molar-refractivity contribution is -0.133. The first-order chi connectivity index (χ1) is 9.18. The molecule has 1 aliphatic rings. The molecule has 1 amide bonds. The van der Waals surface area contributed by atoms with E-state index in [1.165, 1.54) is 5.56 Å². The lowest BCUT2D eigenvalue weighted by atomic mass is 10.1. The van der Waals surface area contributed by atoms with E-state index < -0.39 is 0 Å². The van der Waals surface area contributed by atoms with Crippen molar-refractivity contribution in [1.82, 2.24) is 15.1 Å². The number of hydrogen-bond donors (Lipinski definition) is 1. The molecule has 2 rings (SSSR count). The molecule has 104 valence electrons. The van der Waals surface area contributed by atoms with E-state index in [0.29, 0.717) is 6.54 Å². The van der Waals surface area contributed by atoms with Crippen molar-refractivity contribution >= 4 is 5.91 Å². The minimum absolute atomic E-state index is 0.122. The van der Waals surface area contributed by atoms with Gasteiger partial charge in [-0.3, -0.25) is 9.69 Å². The Kier molecular flexibility index (Phi) is 4.93. The summed E-state index contributed by atoms with van der Waals surface area (Å²) in [5, 5.41) is 3.30. The van der Waals surface area contributed by atoms with Gasteiger partial charge < -0.3 is 10.2 Å². The normalized spacial score (nSPS) is 18.0. The first kappa shape index (κ1) is 14.0. The maximum absolute atomic E-state index is 12.3. The Morgan fingerprint density at radius 3 is 2.58 bits per heavy atom. The second-order valence-electron chi connectivity index (χ2n) is 5.12. The Morgan fingerprint density at radius 2 is 1.95 bits per heavy atom. The number of hydrogen-bond acceptors (Lipinski definition) is 3. The van der Waals surface area contributed by atoms with Gasteiger partial charge in [0, 0.05) is 33.2 Å². The van der Waals surface area contributed by atoms with E-state index >= 15 is 0 Å². The van der Waals surface area contributed by atoms with Gasteiger partial charge in [-0.05, 0) is 12.5 Å². The van der Waals surface area contributed by atoms with Crippen LogP contribution in [0.2, 0.25) is 0 Å². The fourth-order valence-corrected chi connectivity index (χ4v) is 2.34. The third kappa shape index (κ3) is 3.78. The van der Waals surface area contributed by atoms with Gasteiger partial charge in [-0.1, -0.05) is 30.3 Å². The Hall–Kier alpha value is -1.39. The molecule has 1 aromatic carbocycles. The monoisotopic (exact) mass is 261 g/mol. The molecule has 4 heteroatoms. The largest absolute Gasteiger partial charge is 0.338 e. The Labute approximate surface area is 115 Å². The highest BCUT2D eigenvalue weighted by Gasteiger charge is 2.20. The van der Waals surface area contributed by atoms with Crippen molar-refractivity contribution in [2.45, 2.75) is 13.0 Å². The Balaban J connectivity index is 1.91. The summed E-state index contributed by atoms with van der Waals surface area (Å²) in [6, 6.07) is 10.3. The van der Waals surface area contributed by atoms with Crippen LogP contribution in [0.15, 0.2) is 30.3 Å². The van der Waals surface area contributed by atoms with Gasteiger partial charge in [-0.25, -0.2) is 0 Å². The van der Waals surface area contributed by atoms with E-state index in [1.54, 1.807) is 0 Å². The highest BCUT2D eigenvalue weighted by atomic mass is 16.2. The quantitative estimate of drug-likeness (QED) is 0.882. The van der Waals surface area contributed by atoms with Gasteiger partial charge in [0.2, 0.25) is 5.91 Å². The average Bonchev–Trinajstić information content (AvgIpc) is 2.47. The maximum Gasteiger partial charge on any atom is 0.236 e. The summed E-state index contributed by atoms with van der Waals surface area (Å²) in [7, 11) is 1.89. The predicted octanol–water partition coefficient (Wildman–Crippen LogP) is 1.11. The second-order valence-corrected chi connectivity index (χ2v) is 5.12. The van der Waals surface area contributed by atoms with E-state index in [-0.39, 0.29) is 11.9 Å². The zero-order valence-electron chi connectivity index (χ0n) is 11.8. The molecule has 1 N–H and O–H groups in total. The van der Waals surface area contributed by atoms with Crippen LogP contribution in [-0.4, -0.2) is 55.5 Å². The van der Waals surface area contributed by atoms with Gasteiger partial charge in [0.15, 0.2) is 0 Å². The van der Waals surface area contributed by atoms with E-state index in [0.717, 1.165) is 26.2 Å². The molecule has 4 nitrogen and oxygen atoms in total. The minimum atomic E-state index is 0.122. The Bertz CT molecular complexity index is 401. The predicted molar refractivity (Wildman–Crippen MR) is 76.9 cm³/mol. The molecule has 19 heavy (non-hydrogen) atoms. The molecule has 0 spiro atoms. The number of likely N-dealkylation sites (N-methyl/N-ethyl adjacent to an activating group) is 1. The van der Waals surface area contributed by atoms with Crippen molar-refractivity contribution in [3.63, 3.8) is 0 Å². The standard InChI is InChI=1S/C15H23N3O/c1-13(14-6-4-3-5-7-14)17(2)15(19)12-18-10-8-16-9-11-18/h3-7,13,16H,8-12H2,1-2H3. The van der Waals surface area contributed by atoms with Crippen molar-refractivity contribution in [1.29, 1.82) is 0 Å². The van der Waals surface area contributed by atoms with Crippen LogP contribution in [0.25, 0.3) is 0 Å². The van der Waals surface area contributed by atoms with E-state index in [4.69, 9.17) is 0 Å². The van der Waals surface area contributed by atoms with Crippen LogP contribution < -0.4 is 5.32 Å². The topological polar surface area (TPSA) is 35.6 Å². The van der Waals surface area contributed by atoms with Gasteiger partial charge in [0.25, 0.3) is 0 Å². The molecule has 1 saturated heterocycles. The molecular formula is C15H23N3O. The number of piperazine rings is 1. The molecule has 0 aromatic heterocycles.